The van der Waals surface area contributed by atoms with Crippen LogP contribution in [0.25, 0.3) is 0 Å². The van der Waals surface area contributed by atoms with Gasteiger partial charge in [-0.15, -0.1) is 0 Å². The number of nitrogens with zero attached hydrogens (tertiary/aromatic N) is 1. The monoisotopic (exact) mass is 310 g/mol. The molecule has 0 amide bonds. The Kier molecular flexibility index (Phi) is 5.41. The van der Waals surface area contributed by atoms with Gasteiger partial charge in [0.25, 0.3) is 0 Å². The molecule has 4 nitrogen and oxygen atoms in total. The Morgan fingerprint density at radius 2 is 2.00 bits per heavy atom. The SMILES string of the molecule is CCC(N)c1cccc(S(=O)(=O)N(C)CC2CCCC2)c1. The highest BCUT2D eigenvalue weighted by molar-refractivity contribution is 7.89. The fourth-order valence-electron chi connectivity index (χ4n) is 2.98. The van der Waals surface area contributed by atoms with Gasteiger partial charge in [-0.3, -0.25) is 0 Å². The van der Waals surface area contributed by atoms with Crippen molar-refractivity contribution in [2.24, 2.45) is 11.7 Å². The van der Waals surface area contributed by atoms with Crippen molar-refractivity contribution in [3.63, 3.8) is 0 Å². The van der Waals surface area contributed by atoms with E-state index in [0.29, 0.717) is 17.4 Å². The minimum absolute atomic E-state index is 0.111. The van der Waals surface area contributed by atoms with Crippen LogP contribution in [0.2, 0.25) is 0 Å². The third-order valence-corrected chi connectivity index (χ3v) is 6.24. The fourth-order valence-corrected chi connectivity index (χ4v) is 4.28. The molecule has 0 bridgehead atoms. The molecule has 21 heavy (non-hydrogen) atoms. The second-order valence-electron chi connectivity index (χ2n) is 6.02. The first-order chi connectivity index (χ1) is 9.95. The predicted molar refractivity (Wildman–Crippen MR) is 85.4 cm³/mol. The van der Waals surface area contributed by atoms with Crippen LogP contribution in [0.4, 0.5) is 0 Å². The number of nitrogens with two attached hydrogens (primary N) is 1. The highest BCUT2D eigenvalue weighted by Gasteiger charge is 2.25. The maximum absolute atomic E-state index is 12.7. The summed E-state index contributed by atoms with van der Waals surface area (Å²) in [5.74, 6) is 0.505. The van der Waals surface area contributed by atoms with Gasteiger partial charge in [0.15, 0.2) is 0 Å². The van der Waals surface area contributed by atoms with Gasteiger partial charge in [-0.05, 0) is 42.9 Å². The lowest BCUT2D eigenvalue weighted by molar-refractivity contribution is 0.387. The molecule has 1 atom stereocenters. The van der Waals surface area contributed by atoms with Crippen LogP contribution in [0.3, 0.4) is 0 Å². The molecule has 5 heteroatoms. The normalized spacial score (nSPS) is 18.3. The van der Waals surface area contributed by atoms with E-state index < -0.39 is 10.0 Å². The first kappa shape index (κ1) is 16.5. The topological polar surface area (TPSA) is 63.4 Å². The van der Waals surface area contributed by atoms with Gasteiger partial charge in [-0.2, -0.15) is 0 Å². The summed E-state index contributed by atoms with van der Waals surface area (Å²) in [6.07, 6.45) is 5.52. The molecule has 0 saturated heterocycles. The van der Waals surface area contributed by atoms with Crippen LogP contribution in [-0.2, 0) is 10.0 Å². The van der Waals surface area contributed by atoms with Gasteiger partial charge in [-0.1, -0.05) is 31.9 Å². The number of rotatable bonds is 6. The summed E-state index contributed by atoms with van der Waals surface area (Å²) < 4.78 is 26.8. The average molecular weight is 310 g/mol. The van der Waals surface area contributed by atoms with Crippen molar-refractivity contribution < 1.29 is 8.42 Å². The molecule has 1 unspecified atom stereocenters. The first-order valence-corrected chi connectivity index (χ1v) is 9.21. The predicted octanol–water partition coefficient (Wildman–Crippen LogP) is 2.91. The Labute approximate surface area is 128 Å². The summed E-state index contributed by atoms with van der Waals surface area (Å²) >= 11 is 0. The molecule has 1 aliphatic carbocycles. The third-order valence-electron chi connectivity index (χ3n) is 4.42. The van der Waals surface area contributed by atoms with Gasteiger partial charge in [0.05, 0.1) is 4.90 Å². The van der Waals surface area contributed by atoms with E-state index in [2.05, 4.69) is 0 Å². The summed E-state index contributed by atoms with van der Waals surface area (Å²) in [5.41, 5.74) is 6.89. The van der Waals surface area contributed by atoms with Crippen LogP contribution < -0.4 is 5.73 Å². The van der Waals surface area contributed by atoms with Gasteiger partial charge >= 0.3 is 0 Å². The minimum atomic E-state index is -3.41. The average Bonchev–Trinajstić information content (AvgIpc) is 2.99. The maximum Gasteiger partial charge on any atom is 0.242 e. The van der Waals surface area contributed by atoms with E-state index in [-0.39, 0.29) is 6.04 Å². The molecule has 2 rings (SSSR count). The summed E-state index contributed by atoms with van der Waals surface area (Å²) in [4.78, 5) is 0.351. The van der Waals surface area contributed by atoms with Crippen molar-refractivity contribution in [1.82, 2.24) is 4.31 Å². The van der Waals surface area contributed by atoms with Gasteiger partial charge in [-0.25, -0.2) is 12.7 Å². The number of sulfonamides is 1. The zero-order valence-electron chi connectivity index (χ0n) is 13.0. The molecule has 1 aliphatic rings. The van der Waals surface area contributed by atoms with E-state index in [1.165, 1.54) is 17.1 Å². The van der Waals surface area contributed by atoms with Crippen molar-refractivity contribution in [2.45, 2.75) is 50.0 Å². The maximum atomic E-state index is 12.7. The number of hydrogen-bond acceptors (Lipinski definition) is 3. The van der Waals surface area contributed by atoms with Crippen LogP contribution in [-0.4, -0.2) is 26.3 Å². The van der Waals surface area contributed by atoms with E-state index in [9.17, 15) is 8.42 Å². The molecule has 0 radical (unpaired) electrons. The highest BCUT2D eigenvalue weighted by atomic mass is 32.2. The quantitative estimate of drug-likeness (QED) is 0.878. The Morgan fingerprint density at radius 1 is 1.33 bits per heavy atom. The van der Waals surface area contributed by atoms with Gasteiger partial charge in [0.1, 0.15) is 0 Å². The third kappa shape index (κ3) is 3.84. The van der Waals surface area contributed by atoms with Crippen LogP contribution >= 0.6 is 0 Å². The number of hydrogen-bond donors (Lipinski definition) is 1. The molecule has 1 saturated carbocycles. The summed E-state index contributed by atoms with van der Waals surface area (Å²) in [6, 6.07) is 6.94. The van der Waals surface area contributed by atoms with Crippen LogP contribution in [0.5, 0.6) is 0 Å². The van der Waals surface area contributed by atoms with Crippen LogP contribution in [0.1, 0.15) is 50.6 Å². The van der Waals surface area contributed by atoms with Crippen molar-refractivity contribution in [3.8, 4) is 0 Å². The molecule has 0 spiro atoms. The Bertz CT molecular complexity index is 565. The van der Waals surface area contributed by atoms with Crippen LogP contribution in [0.15, 0.2) is 29.2 Å². The van der Waals surface area contributed by atoms with Crippen molar-refractivity contribution in [3.05, 3.63) is 29.8 Å². The van der Waals surface area contributed by atoms with E-state index in [1.54, 1.807) is 25.2 Å². The lowest BCUT2D eigenvalue weighted by Gasteiger charge is -2.21. The van der Waals surface area contributed by atoms with Crippen LogP contribution in [0, 0.1) is 5.92 Å². The van der Waals surface area contributed by atoms with Gasteiger partial charge in [0.2, 0.25) is 10.0 Å². The largest absolute Gasteiger partial charge is 0.324 e. The lowest BCUT2D eigenvalue weighted by Crippen LogP contribution is -2.31. The summed E-state index contributed by atoms with van der Waals surface area (Å²) in [7, 11) is -1.73. The highest BCUT2D eigenvalue weighted by Crippen LogP contribution is 2.27. The molecule has 0 aliphatic heterocycles. The van der Waals surface area contributed by atoms with E-state index in [1.807, 2.05) is 13.0 Å². The molecule has 1 fully saturated rings. The van der Waals surface area contributed by atoms with Gasteiger partial charge in [0, 0.05) is 19.6 Å². The van der Waals surface area contributed by atoms with Crippen molar-refractivity contribution >= 4 is 10.0 Å². The Balaban J connectivity index is 2.17. The number of benzene rings is 1. The van der Waals surface area contributed by atoms with Crippen molar-refractivity contribution in [1.29, 1.82) is 0 Å². The zero-order valence-corrected chi connectivity index (χ0v) is 13.8. The van der Waals surface area contributed by atoms with E-state index in [0.717, 1.165) is 24.8 Å². The summed E-state index contributed by atoms with van der Waals surface area (Å²) in [5, 5.41) is 0. The fraction of sp³-hybridized carbons (Fsp3) is 0.625. The molecule has 118 valence electrons. The molecule has 1 aromatic rings. The van der Waals surface area contributed by atoms with E-state index in [4.69, 9.17) is 5.73 Å². The first-order valence-electron chi connectivity index (χ1n) is 7.77. The second kappa shape index (κ2) is 6.90. The standard InChI is InChI=1S/C16H26N2O2S/c1-3-16(17)14-9-6-10-15(11-14)21(19,20)18(2)12-13-7-4-5-8-13/h6,9-11,13,16H,3-5,7-8,12,17H2,1-2H3. The lowest BCUT2D eigenvalue weighted by atomic mass is 10.1. The summed E-state index contributed by atoms with van der Waals surface area (Å²) in [6.45, 7) is 2.62. The van der Waals surface area contributed by atoms with Crippen molar-refractivity contribution in [2.75, 3.05) is 13.6 Å². The molecular formula is C16H26N2O2S. The smallest absolute Gasteiger partial charge is 0.242 e. The van der Waals surface area contributed by atoms with Gasteiger partial charge < -0.3 is 5.73 Å². The second-order valence-corrected chi connectivity index (χ2v) is 8.07. The molecule has 0 aromatic heterocycles. The minimum Gasteiger partial charge on any atom is -0.324 e. The molecular weight excluding hydrogens is 284 g/mol. The Hall–Kier alpha value is -0.910. The molecule has 0 heterocycles. The molecule has 2 N–H and O–H groups in total. The zero-order chi connectivity index (χ0) is 15.5. The molecule has 1 aromatic carbocycles. The Morgan fingerprint density at radius 3 is 2.62 bits per heavy atom. The van der Waals surface area contributed by atoms with E-state index >= 15 is 0 Å².